The van der Waals surface area contributed by atoms with Gasteiger partial charge in [0.2, 0.25) is 0 Å². The Hall–Kier alpha value is -0.370. The summed E-state index contributed by atoms with van der Waals surface area (Å²) in [5.41, 5.74) is 0. The number of halogens is 6. The molecule has 0 N–H and O–H groups in total. The van der Waals surface area contributed by atoms with Gasteiger partial charge in [-0.25, -0.2) is 0 Å². The molecule has 1 heterocycles. The second-order valence-corrected chi connectivity index (χ2v) is 4.37. The molecule has 0 saturated heterocycles. The Morgan fingerprint density at radius 1 is 1.20 bits per heavy atom. The predicted molar refractivity (Wildman–Crippen MR) is 51.4 cm³/mol. The van der Waals surface area contributed by atoms with Crippen molar-refractivity contribution in [1.29, 1.82) is 0 Å². The lowest BCUT2D eigenvalue weighted by atomic mass is 10.4. The second kappa shape index (κ2) is 4.25. The number of nitrogens with zero attached hydrogens (tertiary/aromatic N) is 1. The number of aromatic nitrogens is 1. The van der Waals surface area contributed by atoms with Crippen LogP contribution in [-0.2, 0) is 0 Å². The average Bonchev–Trinajstić information content (AvgIpc) is 2.00. The maximum Gasteiger partial charge on any atom is 0.475 e. The molecule has 0 aliphatic rings. The van der Waals surface area contributed by atoms with Crippen molar-refractivity contribution in [2.45, 2.75) is 10.9 Å². The Bertz CT molecular complexity index is 355. The maximum atomic E-state index is 12.7. The molecule has 0 radical (unpaired) electrons. The van der Waals surface area contributed by atoms with Gasteiger partial charge in [-0.3, -0.25) is 4.98 Å². The molecule has 1 rings (SSSR count). The third kappa shape index (κ3) is 3.30. The van der Waals surface area contributed by atoms with E-state index < -0.39 is 16.7 Å². The minimum absolute atomic E-state index is 0.341. The molecular weight excluding hydrogens is 350 g/mol. The predicted octanol–water partition coefficient (Wildman–Crippen LogP) is 3.80. The molecule has 0 saturated carbocycles. The highest BCUT2D eigenvalue weighted by Gasteiger charge is 2.57. The van der Waals surface area contributed by atoms with Crippen LogP contribution >= 0.6 is 31.9 Å². The van der Waals surface area contributed by atoms with Crippen LogP contribution in [0.25, 0.3) is 0 Å². The standard InChI is InChI=1S/C7H3Br2F4NO/c8-4-1-5(3-14-2-4)15-7(12,13)6(9,10)11/h1-3H. The molecule has 0 amide bonds. The number of hydrogen-bond donors (Lipinski definition) is 0. The van der Waals surface area contributed by atoms with Crippen LogP contribution in [0.5, 0.6) is 5.75 Å². The van der Waals surface area contributed by atoms with Gasteiger partial charge in [0, 0.05) is 26.6 Å². The van der Waals surface area contributed by atoms with Gasteiger partial charge >= 0.3 is 10.9 Å². The van der Waals surface area contributed by atoms with E-state index in [4.69, 9.17) is 0 Å². The van der Waals surface area contributed by atoms with Crippen molar-refractivity contribution >= 4 is 31.9 Å². The fourth-order valence-electron chi connectivity index (χ4n) is 0.654. The summed E-state index contributed by atoms with van der Waals surface area (Å²) in [5, 5.41) is 0. The zero-order valence-corrected chi connectivity index (χ0v) is 10.0. The molecule has 84 valence electrons. The van der Waals surface area contributed by atoms with Crippen LogP contribution < -0.4 is 4.74 Å². The molecular formula is C7H3Br2F4NO. The first-order valence-corrected chi connectivity index (χ1v) is 5.05. The number of pyridine rings is 1. The zero-order valence-electron chi connectivity index (χ0n) is 6.86. The summed E-state index contributed by atoms with van der Waals surface area (Å²) in [6.07, 6.45) is -2.44. The quantitative estimate of drug-likeness (QED) is 0.609. The van der Waals surface area contributed by atoms with E-state index in [1.807, 2.05) is 0 Å². The van der Waals surface area contributed by atoms with E-state index in [2.05, 4.69) is 25.7 Å². The normalized spacial score (nSPS) is 12.7. The average molecular weight is 353 g/mol. The van der Waals surface area contributed by atoms with Gasteiger partial charge in [-0.05, 0) is 22.0 Å². The van der Waals surface area contributed by atoms with Crippen molar-refractivity contribution in [1.82, 2.24) is 4.98 Å². The molecule has 8 heteroatoms. The van der Waals surface area contributed by atoms with Crippen LogP contribution in [0.4, 0.5) is 17.6 Å². The van der Waals surface area contributed by atoms with Crippen molar-refractivity contribution in [2.24, 2.45) is 0 Å². The topological polar surface area (TPSA) is 22.1 Å². The molecule has 0 bridgehead atoms. The van der Waals surface area contributed by atoms with Gasteiger partial charge in [0.15, 0.2) is 0 Å². The number of rotatable bonds is 3. The first-order valence-electron chi connectivity index (χ1n) is 3.46. The SMILES string of the molecule is FC(F)(Br)C(F)(F)Oc1cncc(Br)c1. The number of alkyl halides is 5. The summed E-state index contributed by atoms with van der Waals surface area (Å²) in [4.78, 5) is -0.957. The van der Waals surface area contributed by atoms with Crippen molar-refractivity contribution < 1.29 is 22.3 Å². The molecule has 1 aromatic rings. The summed E-state index contributed by atoms with van der Waals surface area (Å²) in [6, 6.07) is 1.10. The highest BCUT2D eigenvalue weighted by atomic mass is 79.9. The van der Waals surface area contributed by atoms with Gasteiger partial charge in [-0.2, -0.15) is 17.6 Å². The fourth-order valence-corrected chi connectivity index (χ4v) is 1.08. The summed E-state index contributed by atoms with van der Waals surface area (Å²) in [7, 11) is 0. The smallest absolute Gasteiger partial charge is 0.426 e. The van der Waals surface area contributed by atoms with Crippen LogP contribution in [0.1, 0.15) is 0 Å². The molecule has 0 fully saturated rings. The molecule has 0 aliphatic heterocycles. The first-order chi connectivity index (χ1) is 6.72. The third-order valence-electron chi connectivity index (χ3n) is 1.26. The zero-order chi connectivity index (χ0) is 11.7. The van der Waals surface area contributed by atoms with Crippen LogP contribution in [-0.4, -0.2) is 15.9 Å². The lowest BCUT2D eigenvalue weighted by molar-refractivity contribution is -0.266. The lowest BCUT2D eigenvalue weighted by Gasteiger charge is -2.21. The molecule has 15 heavy (non-hydrogen) atoms. The van der Waals surface area contributed by atoms with E-state index in [0.717, 1.165) is 12.3 Å². The third-order valence-corrected chi connectivity index (χ3v) is 2.15. The molecule has 1 aromatic heterocycles. The monoisotopic (exact) mass is 351 g/mol. The summed E-state index contributed by atoms with van der Waals surface area (Å²) in [6.45, 7) is 0. The Kier molecular flexibility index (Phi) is 3.59. The molecule has 0 atom stereocenters. The largest absolute Gasteiger partial charge is 0.475 e. The Morgan fingerprint density at radius 3 is 2.27 bits per heavy atom. The van der Waals surface area contributed by atoms with Crippen LogP contribution in [0.2, 0.25) is 0 Å². The Labute approximate surface area is 98.9 Å². The Balaban J connectivity index is 2.87. The van der Waals surface area contributed by atoms with E-state index in [0.29, 0.717) is 4.47 Å². The van der Waals surface area contributed by atoms with Crippen molar-refractivity contribution in [2.75, 3.05) is 0 Å². The van der Waals surface area contributed by atoms with Crippen molar-refractivity contribution in [3.05, 3.63) is 22.9 Å². The van der Waals surface area contributed by atoms with Gasteiger partial charge in [-0.15, -0.1) is 0 Å². The number of hydrogen-bond acceptors (Lipinski definition) is 2. The summed E-state index contributed by atoms with van der Waals surface area (Å²) in [5.74, 6) is -0.464. The van der Waals surface area contributed by atoms with Gasteiger partial charge in [0.1, 0.15) is 5.75 Å². The molecule has 0 spiro atoms. The minimum atomic E-state index is -4.64. The van der Waals surface area contributed by atoms with Gasteiger partial charge in [-0.1, -0.05) is 0 Å². The van der Waals surface area contributed by atoms with Gasteiger partial charge in [0.05, 0.1) is 6.20 Å². The van der Waals surface area contributed by atoms with Gasteiger partial charge < -0.3 is 4.74 Å². The van der Waals surface area contributed by atoms with Crippen LogP contribution in [0, 0.1) is 0 Å². The molecule has 2 nitrogen and oxygen atoms in total. The highest BCUT2D eigenvalue weighted by molar-refractivity contribution is 9.10. The Morgan fingerprint density at radius 2 is 1.80 bits per heavy atom. The molecule has 0 unspecified atom stereocenters. The van der Waals surface area contributed by atoms with Crippen LogP contribution in [0.15, 0.2) is 22.9 Å². The van der Waals surface area contributed by atoms with Crippen molar-refractivity contribution in [3.63, 3.8) is 0 Å². The van der Waals surface area contributed by atoms with Crippen LogP contribution in [0.3, 0.4) is 0 Å². The molecule has 0 aliphatic carbocycles. The summed E-state index contributed by atoms with van der Waals surface area (Å²) >= 11 is 4.47. The minimum Gasteiger partial charge on any atom is -0.426 e. The summed E-state index contributed by atoms with van der Waals surface area (Å²) < 4.78 is 54.1. The number of ether oxygens (including phenoxy) is 1. The molecule has 0 aromatic carbocycles. The first kappa shape index (κ1) is 12.7. The lowest BCUT2D eigenvalue weighted by Crippen LogP contribution is -2.40. The van der Waals surface area contributed by atoms with E-state index >= 15 is 0 Å². The van der Waals surface area contributed by atoms with Gasteiger partial charge in [0.25, 0.3) is 0 Å². The van der Waals surface area contributed by atoms with Crippen molar-refractivity contribution in [3.8, 4) is 5.75 Å². The van der Waals surface area contributed by atoms with E-state index in [-0.39, 0.29) is 0 Å². The van der Waals surface area contributed by atoms with E-state index in [9.17, 15) is 17.6 Å². The highest BCUT2D eigenvalue weighted by Crippen LogP contribution is 2.40. The van der Waals surface area contributed by atoms with E-state index in [1.165, 1.54) is 22.1 Å². The second-order valence-electron chi connectivity index (χ2n) is 2.46. The fraction of sp³-hybridized carbons (Fsp3) is 0.286. The van der Waals surface area contributed by atoms with E-state index in [1.54, 1.807) is 0 Å². The maximum absolute atomic E-state index is 12.7.